The number of carbonyl (C=O) groups is 3. The van der Waals surface area contributed by atoms with Crippen LogP contribution in [0, 0.1) is 0 Å². The predicted molar refractivity (Wildman–Crippen MR) is 183 cm³/mol. The van der Waals surface area contributed by atoms with Gasteiger partial charge in [-0.05, 0) is 25.7 Å². The van der Waals surface area contributed by atoms with Gasteiger partial charge < -0.3 is 24.6 Å². The van der Waals surface area contributed by atoms with Gasteiger partial charge >= 0.3 is 19.8 Å². The standard InChI is InChI=1S/C35H68NO9P/c1-3-5-6-7-8-9-10-11-12-14-18-21-24-28-35(39)45-32(31-44-46(40,41)42)30-43-34(38)27-23-20-17-15-13-16-19-22-25-29-36-33(37)26-4-2/h32H,3-31H2,1-2H3,(H,36,37)(H2,40,41,42)/t32-/m1/s1. The lowest BCUT2D eigenvalue weighted by atomic mass is 10.0. The highest BCUT2D eigenvalue weighted by Crippen LogP contribution is 2.36. The van der Waals surface area contributed by atoms with Crippen molar-refractivity contribution in [1.29, 1.82) is 0 Å². The highest BCUT2D eigenvalue weighted by Gasteiger charge is 2.22. The number of ether oxygens (including phenoxy) is 2. The van der Waals surface area contributed by atoms with Gasteiger partial charge in [0.2, 0.25) is 5.91 Å². The molecule has 0 rings (SSSR count). The van der Waals surface area contributed by atoms with E-state index in [1.165, 1.54) is 64.2 Å². The quantitative estimate of drug-likeness (QED) is 0.0345. The first-order valence-corrected chi connectivity index (χ1v) is 20.0. The Hall–Kier alpha value is -1.48. The fourth-order valence-corrected chi connectivity index (χ4v) is 5.62. The Morgan fingerprint density at radius 1 is 0.565 bits per heavy atom. The molecule has 10 nitrogen and oxygen atoms in total. The average molecular weight is 678 g/mol. The van der Waals surface area contributed by atoms with E-state index in [0.717, 1.165) is 77.2 Å². The molecule has 0 saturated carbocycles. The number of hydrogen-bond acceptors (Lipinski definition) is 7. The van der Waals surface area contributed by atoms with Gasteiger partial charge in [-0.3, -0.25) is 18.9 Å². The van der Waals surface area contributed by atoms with Gasteiger partial charge in [0.25, 0.3) is 0 Å². The van der Waals surface area contributed by atoms with E-state index < -0.39 is 32.5 Å². The second-order valence-electron chi connectivity index (χ2n) is 12.6. The summed E-state index contributed by atoms with van der Waals surface area (Å²) in [6, 6.07) is 0. The molecule has 0 radical (unpaired) electrons. The molecular weight excluding hydrogens is 609 g/mol. The van der Waals surface area contributed by atoms with Gasteiger partial charge in [0.15, 0.2) is 6.10 Å². The first-order valence-electron chi connectivity index (χ1n) is 18.5. The molecule has 0 aliphatic carbocycles. The third-order valence-corrected chi connectivity index (χ3v) is 8.48. The summed E-state index contributed by atoms with van der Waals surface area (Å²) in [7, 11) is -4.76. The molecule has 1 atom stereocenters. The minimum absolute atomic E-state index is 0.138. The molecule has 0 spiro atoms. The van der Waals surface area contributed by atoms with Crippen LogP contribution in [0.15, 0.2) is 0 Å². The van der Waals surface area contributed by atoms with Crippen molar-refractivity contribution in [2.24, 2.45) is 0 Å². The smallest absolute Gasteiger partial charge is 0.462 e. The number of amides is 1. The second-order valence-corrected chi connectivity index (χ2v) is 13.8. The molecule has 0 unspecified atom stereocenters. The molecule has 1 amide bonds. The number of phosphoric acid groups is 1. The normalized spacial score (nSPS) is 12.2. The second kappa shape index (κ2) is 32.1. The summed E-state index contributed by atoms with van der Waals surface area (Å²) in [5, 5.41) is 2.94. The fraction of sp³-hybridized carbons (Fsp3) is 0.914. The monoisotopic (exact) mass is 677 g/mol. The molecule has 0 fully saturated rings. The van der Waals surface area contributed by atoms with Crippen LogP contribution in [0.4, 0.5) is 0 Å². The van der Waals surface area contributed by atoms with Gasteiger partial charge in [0.1, 0.15) is 6.61 Å². The van der Waals surface area contributed by atoms with Crippen molar-refractivity contribution < 1.29 is 42.7 Å². The Labute approximate surface area is 280 Å². The molecule has 11 heteroatoms. The molecule has 0 bridgehead atoms. The minimum Gasteiger partial charge on any atom is -0.462 e. The number of unbranched alkanes of at least 4 members (excludes halogenated alkanes) is 20. The summed E-state index contributed by atoms with van der Waals surface area (Å²) >= 11 is 0. The van der Waals surface area contributed by atoms with Gasteiger partial charge in [-0.1, -0.05) is 136 Å². The SMILES string of the molecule is CCCCCCCCCCCCCCCC(=O)O[C@H](COC(=O)CCCCCCCCCCCNC(=O)CCC)COP(=O)(O)O. The molecule has 0 aliphatic heterocycles. The maximum atomic E-state index is 12.3. The Morgan fingerprint density at radius 3 is 1.46 bits per heavy atom. The van der Waals surface area contributed by atoms with Crippen LogP contribution in [0.3, 0.4) is 0 Å². The zero-order chi connectivity index (χ0) is 34.1. The van der Waals surface area contributed by atoms with E-state index >= 15 is 0 Å². The summed E-state index contributed by atoms with van der Waals surface area (Å²) in [4.78, 5) is 54.0. The van der Waals surface area contributed by atoms with Crippen molar-refractivity contribution in [2.45, 2.75) is 187 Å². The number of hydrogen-bond donors (Lipinski definition) is 3. The van der Waals surface area contributed by atoms with Gasteiger partial charge in [-0.15, -0.1) is 0 Å². The van der Waals surface area contributed by atoms with Crippen LogP contribution >= 0.6 is 7.82 Å². The first kappa shape index (κ1) is 44.5. The Morgan fingerprint density at radius 2 is 1.00 bits per heavy atom. The maximum absolute atomic E-state index is 12.3. The molecule has 0 saturated heterocycles. The van der Waals surface area contributed by atoms with Crippen LogP contribution in [0.2, 0.25) is 0 Å². The lowest BCUT2D eigenvalue weighted by molar-refractivity contribution is -0.161. The maximum Gasteiger partial charge on any atom is 0.469 e. The predicted octanol–water partition coefficient (Wildman–Crippen LogP) is 8.85. The van der Waals surface area contributed by atoms with Crippen LogP contribution in [-0.2, 0) is 32.9 Å². The zero-order valence-electron chi connectivity index (χ0n) is 29.3. The summed E-state index contributed by atoms with van der Waals surface area (Å²) in [6.45, 7) is 4.15. The van der Waals surface area contributed by atoms with Crippen LogP contribution < -0.4 is 5.32 Å². The third-order valence-electron chi connectivity index (χ3n) is 8.00. The molecule has 46 heavy (non-hydrogen) atoms. The van der Waals surface area contributed by atoms with Crippen LogP contribution in [0.5, 0.6) is 0 Å². The van der Waals surface area contributed by atoms with Crippen LogP contribution in [0.1, 0.15) is 181 Å². The fourth-order valence-electron chi connectivity index (χ4n) is 5.26. The van der Waals surface area contributed by atoms with Crippen LogP contribution in [0.25, 0.3) is 0 Å². The van der Waals surface area contributed by atoms with Crippen molar-refractivity contribution in [3.63, 3.8) is 0 Å². The Kier molecular flexibility index (Phi) is 31.1. The van der Waals surface area contributed by atoms with Crippen molar-refractivity contribution >= 4 is 25.7 Å². The lowest BCUT2D eigenvalue weighted by Crippen LogP contribution is -2.29. The van der Waals surface area contributed by atoms with E-state index in [4.69, 9.17) is 19.3 Å². The van der Waals surface area contributed by atoms with E-state index in [1.807, 2.05) is 6.92 Å². The van der Waals surface area contributed by atoms with Crippen LogP contribution in [-0.4, -0.2) is 53.5 Å². The summed E-state index contributed by atoms with van der Waals surface area (Å²) < 4.78 is 26.2. The summed E-state index contributed by atoms with van der Waals surface area (Å²) in [5.41, 5.74) is 0. The topological polar surface area (TPSA) is 148 Å². The average Bonchev–Trinajstić information content (AvgIpc) is 3.01. The van der Waals surface area contributed by atoms with Gasteiger partial charge in [-0.25, -0.2) is 4.57 Å². The van der Waals surface area contributed by atoms with Crippen molar-refractivity contribution in [3.05, 3.63) is 0 Å². The summed E-state index contributed by atoms with van der Waals surface area (Å²) in [5.74, 6) is -0.782. The molecule has 0 heterocycles. The van der Waals surface area contributed by atoms with E-state index in [1.54, 1.807) is 0 Å². The van der Waals surface area contributed by atoms with Gasteiger partial charge in [0, 0.05) is 25.8 Å². The lowest BCUT2D eigenvalue weighted by Gasteiger charge is -2.18. The Bertz CT molecular complexity index is 790. The van der Waals surface area contributed by atoms with Gasteiger partial charge in [-0.2, -0.15) is 0 Å². The largest absolute Gasteiger partial charge is 0.469 e. The number of phosphoric ester groups is 1. The molecule has 0 aromatic rings. The molecule has 0 aliphatic rings. The number of nitrogens with one attached hydrogen (secondary N) is 1. The van der Waals surface area contributed by atoms with Crippen molar-refractivity contribution in [1.82, 2.24) is 5.32 Å². The molecule has 272 valence electrons. The Balaban J connectivity index is 3.94. The van der Waals surface area contributed by atoms with E-state index in [0.29, 0.717) is 19.3 Å². The van der Waals surface area contributed by atoms with Crippen molar-refractivity contribution in [2.75, 3.05) is 19.8 Å². The summed E-state index contributed by atoms with van der Waals surface area (Å²) in [6.07, 6.45) is 25.8. The zero-order valence-corrected chi connectivity index (χ0v) is 30.2. The van der Waals surface area contributed by atoms with Crippen molar-refractivity contribution in [3.8, 4) is 0 Å². The highest BCUT2D eigenvalue weighted by molar-refractivity contribution is 7.46. The van der Waals surface area contributed by atoms with E-state index in [-0.39, 0.29) is 25.4 Å². The van der Waals surface area contributed by atoms with Gasteiger partial charge in [0.05, 0.1) is 6.61 Å². The number of rotatable bonds is 34. The number of esters is 2. The molecule has 0 aromatic heterocycles. The molecule has 0 aromatic carbocycles. The minimum atomic E-state index is -4.76. The number of carbonyl (C=O) groups excluding carboxylic acids is 3. The van der Waals surface area contributed by atoms with E-state index in [2.05, 4.69) is 16.8 Å². The molecular formula is C35H68NO9P. The highest BCUT2D eigenvalue weighted by atomic mass is 31.2. The van der Waals surface area contributed by atoms with E-state index in [9.17, 15) is 18.9 Å². The third kappa shape index (κ3) is 33.9. The first-order chi connectivity index (χ1) is 22.2. The molecule has 3 N–H and O–H groups in total.